The van der Waals surface area contributed by atoms with E-state index in [9.17, 15) is 8.78 Å². The maximum atomic E-state index is 13.2. The second-order valence-corrected chi connectivity index (χ2v) is 3.76. The number of piperidine rings is 1. The molecule has 12 heavy (non-hydrogen) atoms. The molecular weight excluding hydrogens is 160 g/mol. The van der Waals surface area contributed by atoms with Crippen molar-refractivity contribution in [1.82, 2.24) is 4.90 Å². The summed E-state index contributed by atoms with van der Waals surface area (Å²) in [5.74, 6) is -2.83. The van der Waals surface area contributed by atoms with E-state index < -0.39 is 11.8 Å². The van der Waals surface area contributed by atoms with Crippen LogP contribution in [0.3, 0.4) is 0 Å². The molecule has 0 aliphatic carbocycles. The van der Waals surface area contributed by atoms with Crippen LogP contribution >= 0.6 is 0 Å². The average molecular weight is 177 g/mol. The highest BCUT2D eigenvalue weighted by atomic mass is 19.3. The summed E-state index contributed by atoms with van der Waals surface area (Å²) in [7, 11) is 1.91. The van der Waals surface area contributed by atoms with Crippen molar-refractivity contribution >= 4 is 0 Å². The van der Waals surface area contributed by atoms with Crippen LogP contribution in [0.4, 0.5) is 8.78 Å². The van der Waals surface area contributed by atoms with Gasteiger partial charge in [0.05, 0.1) is 0 Å². The topological polar surface area (TPSA) is 3.24 Å². The van der Waals surface area contributed by atoms with Crippen molar-refractivity contribution in [2.45, 2.75) is 32.1 Å². The van der Waals surface area contributed by atoms with E-state index in [1.807, 2.05) is 18.9 Å². The maximum Gasteiger partial charge on any atom is 0.253 e. The lowest BCUT2D eigenvalue weighted by Crippen LogP contribution is -2.45. The van der Waals surface area contributed by atoms with Crippen molar-refractivity contribution in [2.75, 3.05) is 20.1 Å². The fourth-order valence-electron chi connectivity index (χ4n) is 1.80. The van der Waals surface area contributed by atoms with Crippen LogP contribution < -0.4 is 0 Å². The monoisotopic (exact) mass is 177 g/mol. The first-order valence-corrected chi connectivity index (χ1v) is 4.62. The fourth-order valence-corrected chi connectivity index (χ4v) is 1.80. The summed E-state index contributed by atoms with van der Waals surface area (Å²) in [6, 6.07) is 0. The molecule has 1 heterocycles. The lowest BCUT2D eigenvalue weighted by atomic mass is 9.90. The molecule has 1 nitrogen and oxygen atoms in total. The molecule has 1 aliphatic rings. The summed E-state index contributed by atoms with van der Waals surface area (Å²) >= 11 is 0. The number of hydrogen-bond donors (Lipinski definition) is 0. The third-order valence-electron chi connectivity index (χ3n) is 2.59. The molecule has 1 rings (SSSR count). The zero-order valence-electron chi connectivity index (χ0n) is 7.82. The van der Waals surface area contributed by atoms with Crippen LogP contribution in [0.1, 0.15) is 26.2 Å². The van der Waals surface area contributed by atoms with Gasteiger partial charge in [0.15, 0.2) is 0 Å². The zero-order valence-corrected chi connectivity index (χ0v) is 7.82. The fraction of sp³-hybridized carbons (Fsp3) is 1.00. The quantitative estimate of drug-likeness (QED) is 0.626. The van der Waals surface area contributed by atoms with Crippen LogP contribution in [0, 0.1) is 5.92 Å². The predicted molar refractivity (Wildman–Crippen MR) is 45.5 cm³/mol. The molecular formula is C9H17F2N. The van der Waals surface area contributed by atoms with Gasteiger partial charge in [0.25, 0.3) is 5.92 Å². The highest BCUT2D eigenvalue weighted by molar-refractivity contribution is 4.84. The van der Waals surface area contributed by atoms with Crippen molar-refractivity contribution < 1.29 is 8.78 Å². The summed E-state index contributed by atoms with van der Waals surface area (Å²) < 4.78 is 26.4. The van der Waals surface area contributed by atoms with E-state index >= 15 is 0 Å². The minimum Gasteiger partial charge on any atom is -0.306 e. The molecule has 0 aromatic carbocycles. The van der Waals surface area contributed by atoms with Gasteiger partial charge in [0.1, 0.15) is 0 Å². The van der Waals surface area contributed by atoms with Crippen molar-refractivity contribution in [1.29, 1.82) is 0 Å². The van der Waals surface area contributed by atoms with E-state index in [1.165, 1.54) is 0 Å². The van der Waals surface area contributed by atoms with E-state index in [2.05, 4.69) is 0 Å². The number of hydrogen-bond acceptors (Lipinski definition) is 1. The Kier molecular flexibility index (Phi) is 3.04. The van der Waals surface area contributed by atoms with E-state index in [0.29, 0.717) is 19.5 Å². The van der Waals surface area contributed by atoms with Gasteiger partial charge in [-0.1, -0.05) is 13.3 Å². The molecule has 0 spiro atoms. The van der Waals surface area contributed by atoms with E-state index in [1.54, 1.807) is 0 Å². The van der Waals surface area contributed by atoms with Crippen molar-refractivity contribution in [3.8, 4) is 0 Å². The van der Waals surface area contributed by atoms with Crippen LogP contribution in [0.2, 0.25) is 0 Å². The highest BCUT2D eigenvalue weighted by Gasteiger charge is 2.42. The Balaban J connectivity index is 2.52. The van der Waals surface area contributed by atoms with Gasteiger partial charge in [-0.15, -0.1) is 0 Å². The SMILES string of the molecule is CCCC1CN(C)CCC1(F)F. The van der Waals surface area contributed by atoms with Gasteiger partial charge in [-0.05, 0) is 13.5 Å². The average Bonchev–Trinajstić information content (AvgIpc) is 1.98. The van der Waals surface area contributed by atoms with Crippen molar-refractivity contribution in [2.24, 2.45) is 5.92 Å². The summed E-state index contributed by atoms with van der Waals surface area (Å²) in [5.41, 5.74) is 0. The molecule has 0 aromatic rings. The molecule has 1 atom stereocenters. The Morgan fingerprint density at radius 3 is 2.75 bits per heavy atom. The largest absolute Gasteiger partial charge is 0.306 e. The standard InChI is InChI=1S/C9H17F2N/c1-3-4-8-7-12(2)6-5-9(8,10)11/h8H,3-7H2,1-2H3. The molecule has 0 bridgehead atoms. The second kappa shape index (κ2) is 3.69. The first kappa shape index (κ1) is 9.90. The molecule has 3 heteroatoms. The highest BCUT2D eigenvalue weighted by Crippen LogP contribution is 2.35. The van der Waals surface area contributed by atoms with Crippen LogP contribution in [0.5, 0.6) is 0 Å². The molecule has 1 unspecified atom stereocenters. The number of likely N-dealkylation sites (tertiary alicyclic amines) is 1. The number of rotatable bonds is 2. The first-order valence-electron chi connectivity index (χ1n) is 4.62. The third kappa shape index (κ3) is 2.16. The second-order valence-electron chi connectivity index (χ2n) is 3.76. The number of alkyl halides is 2. The molecule has 1 saturated heterocycles. The van der Waals surface area contributed by atoms with Crippen molar-refractivity contribution in [3.63, 3.8) is 0 Å². The van der Waals surface area contributed by atoms with Gasteiger partial charge in [-0.3, -0.25) is 0 Å². The van der Waals surface area contributed by atoms with Crippen LogP contribution in [0.25, 0.3) is 0 Å². The Bertz CT molecular complexity index is 147. The number of nitrogens with zero attached hydrogens (tertiary/aromatic N) is 1. The van der Waals surface area contributed by atoms with Gasteiger partial charge in [-0.2, -0.15) is 0 Å². The van der Waals surface area contributed by atoms with Crippen LogP contribution in [-0.4, -0.2) is 31.0 Å². The van der Waals surface area contributed by atoms with Crippen LogP contribution in [0.15, 0.2) is 0 Å². The number of halogens is 2. The van der Waals surface area contributed by atoms with Gasteiger partial charge in [0, 0.05) is 25.4 Å². The predicted octanol–water partition coefficient (Wildman–Crippen LogP) is 2.37. The minimum atomic E-state index is -2.41. The van der Waals surface area contributed by atoms with Gasteiger partial charge in [0.2, 0.25) is 0 Å². The van der Waals surface area contributed by atoms with Crippen molar-refractivity contribution in [3.05, 3.63) is 0 Å². The first-order chi connectivity index (χ1) is 5.56. The molecule has 0 radical (unpaired) electrons. The van der Waals surface area contributed by atoms with Gasteiger partial charge in [-0.25, -0.2) is 8.78 Å². The van der Waals surface area contributed by atoms with E-state index in [4.69, 9.17) is 0 Å². The smallest absolute Gasteiger partial charge is 0.253 e. The molecule has 0 N–H and O–H groups in total. The molecule has 0 amide bonds. The summed E-state index contributed by atoms with van der Waals surface area (Å²) in [4.78, 5) is 2.00. The third-order valence-corrected chi connectivity index (χ3v) is 2.59. The van der Waals surface area contributed by atoms with E-state index in [-0.39, 0.29) is 6.42 Å². The van der Waals surface area contributed by atoms with E-state index in [0.717, 1.165) is 6.42 Å². The minimum absolute atomic E-state index is 0.0359. The normalized spacial score (nSPS) is 30.5. The molecule has 1 fully saturated rings. The molecule has 72 valence electrons. The Morgan fingerprint density at radius 2 is 2.17 bits per heavy atom. The zero-order chi connectivity index (χ0) is 9.19. The molecule has 0 saturated carbocycles. The Hall–Kier alpha value is -0.180. The molecule has 1 aliphatic heterocycles. The summed E-state index contributed by atoms with van der Waals surface area (Å²) in [5, 5.41) is 0. The Labute approximate surface area is 72.7 Å². The lowest BCUT2D eigenvalue weighted by molar-refractivity contribution is -0.104. The Morgan fingerprint density at radius 1 is 1.50 bits per heavy atom. The summed E-state index contributed by atoms with van der Waals surface area (Å²) in [6.07, 6.45) is 1.54. The maximum absolute atomic E-state index is 13.2. The molecule has 0 aromatic heterocycles. The summed E-state index contributed by atoms with van der Waals surface area (Å²) in [6.45, 7) is 3.05. The van der Waals surface area contributed by atoms with Crippen LogP contribution in [-0.2, 0) is 0 Å². The lowest BCUT2D eigenvalue weighted by Gasteiger charge is -2.36. The van der Waals surface area contributed by atoms with Gasteiger partial charge >= 0.3 is 0 Å². The van der Waals surface area contributed by atoms with Gasteiger partial charge < -0.3 is 4.90 Å².